The predicted molar refractivity (Wildman–Crippen MR) is 112 cm³/mol. The van der Waals surface area contributed by atoms with Crippen LogP contribution >= 0.6 is 0 Å². The topological polar surface area (TPSA) is 66.5 Å². The van der Waals surface area contributed by atoms with Crippen LogP contribution in [-0.4, -0.2) is 21.4 Å². The Morgan fingerprint density at radius 3 is 1.82 bits per heavy atom. The summed E-state index contributed by atoms with van der Waals surface area (Å²) >= 11 is 0. The van der Waals surface area contributed by atoms with Gasteiger partial charge in [0.1, 0.15) is 0 Å². The zero-order valence-electron chi connectivity index (χ0n) is 16.0. The Morgan fingerprint density at radius 1 is 0.786 bits per heavy atom. The van der Waals surface area contributed by atoms with Crippen LogP contribution in [0.2, 0.25) is 0 Å². The summed E-state index contributed by atoms with van der Waals surface area (Å²) < 4.78 is 27.6. The lowest BCUT2D eigenvalue weighted by atomic mass is 10.1. The van der Waals surface area contributed by atoms with Gasteiger partial charge in [0.05, 0.1) is 4.90 Å². The number of rotatable bonds is 5. The summed E-state index contributed by atoms with van der Waals surface area (Å²) in [6.07, 6.45) is 0. The molecule has 0 fully saturated rings. The highest BCUT2D eigenvalue weighted by molar-refractivity contribution is 7.92. The fourth-order valence-electron chi connectivity index (χ4n) is 2.69. The lowest BCUT2D eigenvalue weighted by molar-refractivity contribution is 0.0993. The summed E-state index contributed by atoms with van der Waals surface area (Å²) in [6.45, 7) is 3.91. The molecule has 0 radical (unpaired) electrons. The van der Waals surface area contributed by atoms with E-state index in [1.54, 1.807) is 19.2 Å². The smallest absolute Gasteiger partial charge is 0.261 e. The van der Waals surface area contributed by atoms with Gasteiger partial charge in [-0.05, 0) is 62.4 Å². The van der Waals surface area contributed by atoms with Crippen LogP contribution in [-0.2, 0) is 10.0 Å². The quantitative estimate of drug-likeness (QED) is 0.698. The van der Waals surface area contributed by atoms with Crippen molar-refractivity contribution in [2.24, 2.45) is 0 Å². The second-order valence-corrected chi connectivity index (χ2v) is 8.38. The maximum atomic E-state index is 12.7. The first-order valence-electron chi connectivity index (χ1n) is 8.80. The third-order valence-corrected chi connectivity index (χ3v) is 5.84. The number of nitrogens with one attached hydrogen (secondary N) is 1. The van der Waals surface area contributed by atoms with Crippen LogP contribution in [0.5, 0.6) is 0 Å². The van der Waals surface area contributed by atoms with E-state index in [4.69, 9.17) is 0 Å². The molecule has 1 N–H and O–H groups in total. The van der Waals surface area contributed by atoms with E-state index < -0.39 is 10.0 Å². The molecule has 1 amide bonds. The Hall–Kier alpha value is -3.12. The number of amides is 1. The average Bonchev–Trinajstić information content (AvgIpc) is 2.69. The van der Waals surface area contributed by atoms with Crippen molar-refractivity contribution in [3.05, 3.63) is 89.5 Å². The molecule has 6 heteroatoms. The lowest BCUT2D eigenvalue weighted by Crippen LogP contribution is -2.26. The Morgan fingerprint density at radius 2 is 1.29 bits per heavy atom. The summed E-state index contributed by atoms with van der Waals surface area (Å²) in [5.41, 5.74) is 3.83. The summed E-state index contributed by atoms with van der Waals surface area (Å²) in [6, 6.07) is 20.6. The number of sulfonamides is 1. The van der Waals surface area contributed by atoms with Gasteiger partial charge in [0, 0.05) is 24.0 Å². The zero-order valence-corrected chi connectivity index (χ0v) is 16.8. The molecule has 0 atom stereocenters. The van der Waals surface area contributed by atoms with Gasteiger partial charge in [-0.1, -0.05) is 35.4 Å². The van der Waals surface area contributed by atoms with Gasteiger partial charge in [-0.3, -0.25) is 9.52 Å². The number of aryl methyl sites for hydroxylation is 2. The molecular weight excluding hydrogens is 372 g/mol. The summed E-state index contributed by atoms with van der Waals surface area (Å²) in [7, 11) is -2.03. The summed E-state index contributed by atoms with van der Waals surface area (Å²) in [4.78, 5) is 14.3. The van der Waals surface area contributed by atoms with E-state index >= 15 is 0 Å². The first-order valence-corrected chi connectivity index (χ1v) is 10.3. The normalized spacial score (nSPS) is 11.1. The molecule has 3 aromatic rings. The molecule has 0 saturated heterocycles. The Balaban J connectivity index is 1.77. The van der Waals surface area contributed by atoms with E-state index in [1.807, 2.05) is 50.2 Å². The third-order valence-electron chi connectivity index (χ3n) is 4.44. The van der Waals surface area contributed by atoms with Crippen molar-refractivity contribution in [3.8, 4) is 0 Å². The van der Waals surface area contributed by atoms with Gasteiger partial charge >= 0.3 is 0 Å². The van der Waals surface area contributed by atoms with Crippen LogP contribution in [0.15, 0.2) is 77.7 Å². The highest BCUT2D eigenvalue weighted by Crippen LogP contribution is 2.20. The number of carbonyl (C=O) groups excluding carboxylic acids is 1. The first kappa shape index (κ1) is 19.6. The Bertz CT molecular complexity index is 1070. The minimum atomic E-state index is -3.72. The van der Waals surface area contributed by atoms with E-state index in [0.29, 0.717) is 11.3 Å². The fourth-order valence-corrected chi connectivity index (χ4v) is 3.75. The zero-order chi connectivity index (χ0) is 20.3. The van der Waals surface area contributed by atoms with Crippen LogP contribution in [0.3, 0.4) is 0 Å². The van der Waals surface area contributed by atoms with Crippen molar-refractivity contribution in [2.45, 2.75) is 18.7 Å². The van der Waals surface area contributed by atoms with Crippen molar-refractivity contribution in [2.75, 3.05) is 16.7 Å². The largest absolute Gasteiger partial charge is 0.311 e. The van der Waals surface area contributed by atoms with E-state index in [-0.39, 0.29) is 10.8 Å². The Kier molecular flexibility index (Phi) is 5.51. The minimum Gasteiger partial charge on any atom is -0.311 e. The second kappa shape index (κ2) is 7.86. The molecule has 3 rings (SSSR count). The molecule has 0 aliphatic carbocycles. The second-order valence-electron chi connectivity index (χ2n) is 6.70. The van der Waals surface area contributed by atoms with E-state index in [1.165, 1.54) is 29.2 Å². The van der Waals surface area contributed by atoms with E-state index in [9.17, 15) is 13.2 Å². The molecule has 28 heavy (non-hydrogen) atoms. The summed E-state index contributed by atoms with van der Waals surface area (Å²) in [5.74, 6) is -0.209. The molecule has 0 saturated carbocycles. The fraction of sp³-hybridized carbons (Fsp3) is 0.136. The number of anilines is 2. The third kappa shape index (κ3) is 4.40. The molecule has 0 aromatic heterocycles. The molecule has 0 spiro atoms. The average molecular weight is 394 g/mol. The highest BCUT2D eigenvalue weighted by atomic mass is 32.2. The molecule has 0 bridgehead atoms. The molecule has 5 nitrogen and oxygen atoms in total. The van der Waals surface area contributed by atoms with Crippen LogP contribution in [0.25, 0.3) is 0 Å². The van der Waals surface area contributed by atoms with Gasteiger partial charge in [-0.25, -0.2) is 8.42 Å². The standard InChI is InChI=1S/C22H22N2O3S/c1-16-4-10-19(11-5-16)23-28(26,27)21-14-8-18(9-15-21)22(25)24(3)20-12-6-17(2)7-13-20/h4-15,23H,1-3H3. The van der Waals surface area contributed by atoms with Crippen LogP contribution in [0.4, 0.5) is 11.4 Å². The lowest BCUT2D eigenvalue weighted by Gasteiger charge is -2.18. The first-order chi connectivity index (χ1) is 13.3. The van der Waals surface area contributed by atoms with Crippen molar-refractivity contribution in [1.82, 2.24) is 0 Å². The SMILES string of the molecule is Cc1ccc(NS(=O)(=O)c2ccc(C(=O)N(C)c3ccc(C)cc3)cc2)cc1. The van der Waals surface area contributed by atoms with Gasteiger partial charge in [0.15, 0.2) is 0 Å². The van der Waals surface area contributed by atoms with Crippen LogP contribution in [0.1, 0.15) is 21.5 Å². The molecule has 0 unspecified atom stereocenters. The van der Waals surface area contributed by atoms with Gasteiger partial charge in [0.2, 0.25) is 0 Å². The van der Waals surface area contributed by atoms with Crippen molar-refractivity contribution >= 4 is 27.3 Å². The predicted octanol–water partition coefficient (Wildman–Crippen LogP) is 4.38. The molecule has 0 heterocycles. The molecule has 3 aromatic carbocycles. The molecule has 0 aliphatic heterocycles. The van der Waals surface area contributed by atoms with Crippen molar-refractivity contribution in [1.29, 1.82) is 0 Å². The highest BCUT2D eigenvalue weighted by Gasteiger charge is 2.17. The molecule has 144 valence electrons. The number of hydrogen-bond acceptors (Lipinski definition) is 3. The number of nitrogens with zero attached hydrogens (tertiary/aromatic N) is 1. The number of hydrogen-bond donors (Lipinski definition) is 1. The maximum Gasteiger partial charge on any atom is 0.261 e. The van der Waals surface area contributed by atoms with Crippen molar-refractivity contribution in [3.63, 3.8) is 0 Å². The number of carbonyl (C=O) groups is 1. The van der Waals surface area contributed by atoms with Gasteiger partial charge in [0.25, 0.3) is 15.9 Å². The Labute approximate surface area is 165 Å². The van der Waals surface area contributed by atoms with Gasteiger partial charge in [-0.2, -0.15) is 0 Å². The summed E-state index contributed by atoms with van der Waals surface area (Å²) in [5, 5.41) is 0. The van der Waals surface area contributed by atoms with Crippen LogP contribution in [0, 0.1) is 13.8 Å². The maximum absolute atomic E-state index is 12.7. The van der Waals surface area contributed by atoms with Gasteiger partial charge in [-0.15, -0.1) is 0 Å². The molecule has 0 aliphatic rings. The molecular formula is C22H22N2O3S. The minimum absolute atomic E-state index is 0.0996. The number of benzene rings is 3. The van der Waals surface area contributed by atoms with E-state index in [2.05, 4.69) is 4.72 Å². The van der Waals surface area contributed by atoms with Gasteiger partial charge < -0.3 is 4.90 Å². The monoisotopic (exact) mass is 394 g/mol. The van der Waals surface area contributed by atoms with Crippen molar-refractivity contribution < 1.29 is 13.2 Å². The van der Waals surface area contributed by atoms with Crippen LogP contribution < -0.4 is 9.62 Å². The van der Waals surface area contributed by atoms with E-state index in [0.717, 1.165) is 16.8 Å².